The van der Waals surface area contributed by atoms with Crippen molar-refractivity contribution in [3.63, 3.8) is 0 Å². The van der Waals surface area contributed by atoms with E-state index in [0.717, 1.165) is 24.2 Å². The fraction of sp³-hybridized carbons (Fsp3) is 0.429. The number of benzene rings is 1. The minimum Gasteiger partial charge on any atom is -0.379 e. The molecule has 5 heteroatoms. The van der Waals surface area contributed by atoms with Gasteiger partial charge in [0.05, 0.1) is 23.0 Å². The van der Waals surface area contributed by atoms with E-state index in [4.69, 9.17) is 4.74 Å². The lowest BCUT2D eigenvalue weighted by Gasteiger charge is -2.26. The predicted molar refractivity (Wildman–Crippen MR) is 73.6 cm³/mol. The lowest BCUT2D eigenvalue weighted by atomic mass is 10.1. The number of rotatable bonds is 2. The van der Waals surface area contributed by atoms with Gasteiger partial charge in [0.25, 0.3) is 0 Å². The van der Waals surface area contributed by atoms with Gasteiger partial charge < -0.3 is 4.74 Å². The van der Waals surface area contributed by atoms with E-state index in [1.54, 1.807) is 12.1 Å². The molecule has 1 saturated heterocycles. The van der Waals surface area contributed by atoms with Crippen LogP contribution in [0.5, 0.6) is 0 Å². The highest BCUT2D eigenvalue weighted by molar-refractivity contribution is 7.95. The zero-order valence-corrected chi connectivity index (χ0v) is 11.7. The topological polar surface area (TPSA) is 46.6 Å². The summed E-state index contributed by atoms with van der Waals surface area (Å²) >= 11 is 0. The fourth-order valence-corrected chi connectivity index (χ4v) is 4.24. The Bertz CT molecular complexity index is 628. The molecule has 0 atom stereocenters. The normalized spacial score (nSPS) is 22.1. The van der Waals surface area contributed by atoms with E-state index < -0.39 is 9.84 Å². The Morgan fingerprint density at radius 1 is 1.26 bits per heavy atom. The second-order valence-corrected chi connectivity index (χ2v) is 6.96. The smallest absolute Gasteiger partial charge is 0.204 e. The van der Waals surface area contributed by atoms with Gasteiger partial charge in [0, 0.05) is 19.6 Å². The van der Waals surface area contributed by atoms with E-state index in [2.05, 4.69) is 4.90 Å². The van der Waals surface area contributed by atoms with Gasteiger partial charge in [-0.05, 0) is 30.2 Å². The summed E-state index contributed by atoms with van der Waals surface area (Å²) in [6, 6.07) is 5.44. The Hall–Kier alpha value is -1.17. The van der Waals surface area contributed by atoms with Crippen LogP contribution in [0.3, 0.4) is 0 Å². The summed E-state index contributed by atoms with van der Waals surface area (Å²) in [7, 11) is -3.29. The van der Waals surface area contributed by atoms with Crippen molar-refractivity contribution in [1.29, 1.82) is 0 Å². The first-order valence-electron chi connectivity index (χ1n) is 6.44. The van der Waals surface area contributed by atoms with Crippen molar-refractivity contribution < 1.29 is 13.2 Å². The van der Waals surface area contributed by atoms with Crippen molar-refractivity contribution >= 4 is 15.9 Å². The molecule has 3 rings (SSSR count). The molecule has 0 aromatic heterocycles. The molecule has 0 amide bonds. The largest absolute Gasteiger partial charge is 0.379 e. The minimum atomic E-state index is -3.29. The second-order valence-electron chi connectivity index (χ2n) is 4.99. The van der Waals surface area contributed by atoms with Gasteiger partial charge in [-0.3, -0.25) is 4.90 Å². The molecule has 0 saturated carbocycles. The Labute approximate surface area is 113 Å². The minimum absolute atomic E-state index is 0.454. The third-order valence-electron chi connectivity index (χ3n) is 3.71. The number of ether oxygens (including phenoxy) is 1. The quantitative estimate of drug-likeness (QED) is 0.822. The van der Waals surface area contributed by atoms with Crippen LogP contribution in [0.25, 0.3) is 6.08 Å². The molecule has 0 unspecified atom stereocenters. The van der Waals surface area contributed by atoms with Crippen LogP contribution < -0.4 is 0 Å². The summed E-state index contributed by atoms with van der Waals surface area (Å²) in [5.74, 6) is 0. The standard InChI is InChI=1S/C14H17NO3S/c1-11-3-2-4-14-13(11)9-12(19(14,16)17)10-15-5-7-18-8-6-15/h2-4,9H,5-8,10H2,1H3. The molecule has 0 spiro atoms. The number of hydrogen-bond acceptors (Lipinski definition) is 4. The SMILES string of the molecule is Cc1cccc2c1C=C(CN1CCOCC1)S2(=O)=O. The summed E-state index contributed by atoms with van der Waals surface area (Å²) in [5.41, 5.74) is 1.86. The molecule has 2 aliphatic rings. The number of hydrogen-bond donors (Lipinski definition) is 0. The van der Waals surface area contributed by atoms with Crippen LogP contribution in [-0.2, 0) is 14.6 Å². The van der Waals surface area contributed by atoms with Crippen molar-refractivity contribution in [2.24, 2.45) is 0 Å². The highest BCUT2D eigenvalue weighted by atomic mass is 32.2. The maximum atomic E-state index is 12.5. The molecular formula is C14H17NO3S. The number of nitrogens with zero attached hydrogens (tertiary/aromatic N) is 1. The Morgan fingerprint density at radius 3 is 2.68 bits per heavy atom. The van der Waals surface area contributed by atoms with Gasteiger partial charge in [-0.25, -0.2) is 8.42 Å². The average Bonchev–Trinajstić information content (AvgIpc) is 2.65. The first-order chi connectivity index (χ1) is 9.09. The van der Waals surface area contributed by atoms with Gasteiger partial charge >= 0.3 is 0 Å². The molecule has 0 N–H and O–H groups in total. The Balaban J connectivity index is 1.92. The second kappa shape index (κ2) is 4.74. The molecule has 0 aliphatic carbocycles. The van der Waals surface area contributed by atoms with Gasteiger partial charge in [0.1, 0.15) is 0 Å². The third kappa shape index (κ3) is 2.22. The van der Waals surface area contributed by atoms with Crippen molar-refractivity contribution in [1.82, 2.24) is 4.90 Å². The molecule has 1 aromatic carbocycles. The molecule has 2 heterocycles. The van der Waals surface area contributed by atoms with E-state index in [1.165, 1.54) is 0 Å². The van der Waals surface area contributed by atoms with Crippen molar-refractivity contribution in [2.45, 2.75) is 11.8 Å². The monoisotopic (exact) mass is 279 g/mol. The Kier molecular flexibility index (Phi) is 3.20. The van der Waals surface area contributed by atoms with Crippen LogP contribution in [0, 0.1) is 6.92 Å². The molecule has 0 radical (unpaired) electrons. The third-order valence-corrected chi connectivity index (χ3v) is 5.58. The first-order valence-corrected chi connectivity index (χ1v) is 7.93. The molecule has 102 valence electrons. The lowest BCUT2D eigenvalue weighted by molar-refractivity contribution is 0.0430. The van der Waals surface area contributed by atoms with E-state index in [0.29, 0.717) is 29.6 Å². The zero-order valence-electron chi connectivity index (χ0n) is 10.9. The van der Waals surface area contributed by atoms with Gasteiger partial charge in [-0.1, -0.05) is 12.1 Å². The van der Waals surface area contributed by atoms with E-state index in [9.17, 15) is 8.42 Å². The number of morpholine rings is 1. The summed E-state index contributed by atoms with van der Waals surface area (Å²) in [6.07, 6.45) is 1.83. The maximum Gasteiger partial charge on any atom is 0.204 e. The van der Waals surface area contributed by atoms with Crippen LogP contribution in [0.1, 0.15) is 11.1 Å². The fourth-order valence-electron chi connectivity index (χ4n) is 2.56. The summed E-state index contributed by atoms with van der Waals surface area (Å²) in [4.78, 5) is 3.10. The van der Waals surface area contributed by atoms with Crippen LogP contribution >= 0.6 is 0 Å². The summed E-state index contributed by atoms with van der Waals surface area (Å²) in [5, 5.41) is 0. The van der Waals surface area contributed by atoms with Crippen LogP contribution in [0.2, 0.25) is 0 Å². The predicted octanol–water partition coefficient (Wildman–Crippen LogP) is 1.46. The average molecular weight is 279 g/mol. The van der Waals surface area contributed by atoms with Crippen LogP contribution in [-0.4, -0.2) is 46.2 Å². The van der Waals surface area contributed by atoms with E-state index in [1.807, 2.05) is 19.1 Å². The molecule has 1 aromatic rings. The molecule has 0 bridgehead atoms. The molecule has 19 heavy (non-hydrogen) atoms. The van der Waals surface area contributed by atoms with Crippen molar-refractivity contribution in [3.8, 4) is 0 Å². The van der Waals surface area contributed by atoms with Crippen LogP contribution in [0.4, 0.5) is 0 Å². The molecule has 2 aliphatic heterocycles. The number of fused-ring (bicyclic) bond motifs is 1. The lowest BCUT2D eigenvalue weighted by Crippen LogP contribution is -2.38. The number of aryl methyl sites for hydroxylation is 1. The molecule has 1 fully saturated rings. The highest BCUT2D eigenvalue weighted by Gasteiger charge is 2.31. The number of sulfone groups is 1. The van der Waals surface area contributed by atoms with Gasteiger partial charge in [-0.15, -0.1) is 0 Å². The Morgan fingerprint density at radius 2 is 2.00 bits per heavy atom. The van der Waals surface area contributed by atoms with Gasteiger partial charge in [0.2, 0.25) is 9.84 Å². The molecular weight excluding hydrogens is 262 g/mol. The first kappa shape index (κ1) is 12.8. The zero-order chi connectivity index (χ0) is 13.5. The van der Waals surface area contributed by atoms with Crippen molar-refractivity contribution in [2.75, 3.05) is 32.8 Å². The van der Waals surface area contributed by atoms with Gasteiger partial charge in [0.15, 0.2) is 0 Å². The van der Waals surface area contributed by atoms with Crippen molar-refractivity contribution in [3.05, 3.63) is 34.2 Å². The molecule has 4 nitrogen and oxygen atoms in total. The maximum absolute atomic E-state index is 12.5. The summed E-state index contributed by atoms with van der Waals surface area (Å²) < 4.78 is 30.3. The summed E-state index contributed by atoms with van der Waals surface area (Å²) in [6.45, 7) is 5.38. The van der Waals surface area contributed by atoms with E-state index in [-0.39, 0.29) is 0 Å². The van der Waals surface area contributed by atoms with E-state index >= 15 is 0 Å². The van der Waals surface area contributed by atoms with Crippen LogP contribution in [0.15, 0.2) is 28.0 Å². The highest BCUT2D eigenvalue weighted by Crippen LogP contribution is 2.34. The van der Waals surface area contributed by atoms with Gasteiger partial charge in [-0.2, -0.15) is 0 Å².